The van der Waals surface area contributed by atoms with Gasteiger partial charge in [-0.1, -0.05) is 6.07 Å². The molecule has 0 spiro atoms. The fraction of sp³-hybridized carbons (Fsp3) is 0.280. The molecule has 0 saturated heterocycles. The van der Waals surface area contributed by atoms with Gasteiger partial charge in [-0.05, 0) is 81.3 Å². The molecule has 1 atom stereocenters. The molecule has 0 saturated carbocycles. The van der Waals surface area contributed by atoms with Gasteiger partial charge in [0.1, 0.15) is 5.60 Å². The normalized spacial score (nSPS) is 17.5. The van der Waals surface area contributed by atoms with Crippen LogP contribution >= 0.6 is 11.3 Å². The third-order valence-corrected chi connectivity index (χ3v) is 8.50. The molecule has 2 aromatic carbocycles. The molecule has 1 aliphatic heterocycles. The number of thiophene rings is 1. The number of nitrogens with one attached hydrogen (secondary N) is 2. The van der Waals surface area contributed by atoms with Crippen LogP contribution in [0.1, 0.15) is 37.6 Å². The average molecular weight is 516 g/mol. The van der Waals surface area contributed by atoms with E-state index in [1.54, 1.807) is 69.3 Å². The molecule has 0 fully saturated rings. The molecule has 184 valence electrons. The first-order chi connectivity index (χ1) is 16.5. The Morgan fingerprint density at radius 1 is 1.03 bits per heavy atom. The number of carbonyl (C=O) groups is 2. The average Bonchev–Trinajstić information content (AvgIpc) is 3.43. The molecular weight excluding hydrogens is 489 g/mol. The van der Waals surface area contributed by atoms with Gasteiger partial charge >= 0.3 is 6.09 Å². The summed E-state index contributed by atoms with van der Waals surface area (Å²) < 4.78 is 36.0. The van der Waals surface area contributed by atoms with E-state index in [-0.39, 0.29) is 5.13 Å². The maximum atomic E-state index is 13.6. The van der Waals surface area contributed by atoms with Crippen LogP contribution in [-0.2, 0) is 14.5 Å². The van der Waals surface area contributed by atoms with E-state index in [2.05, 4.69) is 15.0 Å². The summed E-state index contributed by atoms with van der Waals surface area (Å²) >= 11 is 0.978. The second kappa shape index (κ2) is 9.79. The van der Waals surface area contributed by atoms with Crippen molar-refractivity contribution in [3.05, 3.63) is 65.3 Å². The lowest BCUT2D eigenvalue weighted by atomic mass is 10.1. The molecule has 10 heteroatoms. The summed E-state index contributed by atoms with van der Waals surface area (Å²) in [7, 11) is -2.40. The van der Waals surface area contributed by atoms with Crippen LogP contribution in [0.25, 0.3) is 10.4 Å². The molecule has 7 nitrogen and oxygen atoms in total. The predicted molar refractivity (Wildman–Crippen MR) is 137 cm³/mol. The minimum atomic E-state index is -2.40. The topological polar surface area (TPSA) is 96.9 Å². The number of rotatable bonds is 5. The smallest absolute Gasteiger partial charge is 0.412 e. The Hall–Kier alpha value is -3.24. The van der Waals surface area contributed by atoms with E-state index < -0.39 is 27.3 Å². The van der Waals surface area contributed by atoms with Crippen molar-refractivity contribution < 1.29 is 22.9 Å². The van der Waals surface area contributed by atoms with Crippen LogP contribution in [0.4, 0.5) is 20.6 Å². The van der Waals surface area contributed by atoms with Crippen molar-refractivity contribution in [2.45, 2.75) is 37.7 Å². The molecule has 2 heterocycles. The Bertz CT molecular complexity index is 1380. The van der Waals surface area contributed by atoms with Crippen LogP contribution in [0.5, 0.6) is 0 Å². The fourth-order valence-electron chi connectivity index (χ4n) is 3.54. The Morgan fingerprint density at radius 2 is 1.77 bits per heavy atom. The van der Waals surface area contributed by atoms with Crippen molar-refractivity contribution in [1.29, 1.82) is 0 Å². The second-order valence-electron chi connectivity index (χ2n) is 9.02. The summed E-state index contributed by atoms with van der Waals surface area (Å²) in [6.45, 7) is 5.83. The summed E-state index contributed by atoms with van der Waals surface area (Å²) in [4.78, 5) is 26.7. The summed E-state index contributed by atoms with van der Waals surface area (Å²) in [5.41, 5.74) is 0.992. The molecule has 0 aliphatic carbocycles. The molecule has 2 N–H and O–H groups in total. The molecule has 1 aliphatic rings. The van der Waals surface area contributed by atoms with Gasteiger partial charge in [0.2, 0.25) is 0 Å². The van der Waals surface area contributed by atoms with Gasteiger partial charge in [-0.25, -0.2) is 13.4 Å². The zero-order valence-corrected chi connectivity index (χ0v) is 21.2. The van der Waals surface area contributed by atoms with E-state index in [1.165, 1.54) is 6.07 Å². The summed E-state index contributed by atoms with van der Waals surface area (Å²) in [6.07, 6.45) is 0.121. The summed E-state index contributed by atoms with van der Waals surface area (Å²) in [6, 6.07) is 14.6. The lowest BCUT2D eigenvalue weighted by molar-refractivity contribution is 0.0635. The number of hydrogen-bond acceptors (Lipinski definition) is 6. The monoisotopic (exact) mass is 515 g/mol. The van der Waals surface area contributed by atoms with Crippen molar-refractivity contribution >= 4 is 44.4 Å². The minimum absolute atomic E-state index is 0.325. The Morgan fingerprint density at radius 3 is 2.37 bits per heavy atom. The zero-order valence-electron chi connectivity index (χ0n) is 19.6. The van der Waals surface area contributed by atoms with Gasteiger partial charge in [-0.15, -0.1) is 11.3 Å². The minimum Gasteiger partial charge on any atom is -0.444 e. The summed E-state index contributed by atoms with van der Waals surface area (Å²) in [5.74, 6) is 0.102. The molecule has 35 heavy (non-hydrogen) atoms. The van der Waals surface area contributed by atoms with E-state index in [9.17, 15) is 18.2 Å². The van der Waals surface area contributed by atoms with E-state index in [0.717, 1.165) is 17.8 Å². The fourth-order valence-corrected chi connectivity index (χ4v) is 6.28. The van der Waals surface area contributed by atoms with Crippen LogP contribution < -0.4 is 10.6 Å². The van der Waals surface area contributed by atoms with E-state index in [4.69, 9.17) is 4.74 Å². The van der Waals surface area contributed by atoms with Gasteiger partial charge in [0.25, 0.3) is 5.91 Å². The van der Waals surface area contributed by atoms with Crippen molar-refractivity contribution in [3.63, 3.8) is 0 Å². The quantitative estimate of drug-likeness (QED) is 0.412. The van der Waals surface area contributed by atoms with Gasteiger partial charge in [-0.3, -0.25) is 10.1 Å². The maximum Gasteiger partial charge on any atom is 0.412 e. The first-order valence-electron chi connectivity index (χ1n) is 11.0. The Balaban J connectivity index is 1.61. The van der Waals surface area contributed by atoms with E-state index >= 15 is 0 Å². The first kappa shape index (κ1) is 24.9. The van der Waals surface area contributed by atoms with Gasteiger partial charge < -0.3 is 10.1 Å². The Kier molecular flexibility index (Phi) is 6.95. The van der Waals surface area contributed by atoms with Crippen molar-refractivity contribution in [3.8, 4) is 10.4 Å². The Labute approximate surface area is 207 Å². The third-order valence-electron chi connectivity index (χ3n) is 5.12. The van der Waals surface area contributed by atoms with Crippen molar-refractivity contribution in [2.75, 3.05) is 22.9 Å². The number of nitrogens with zero attached hydrogens (tertiary/aromatic N) is 1. The number of hydrogen-bond donors (Lipinski definition) is 2. The molecule has 1 aromatic heterocycles. The number of carbonyl (C=O) groups excluding carboxylic acids is 2. The lowest BCUT2D eigenvalue weighted by Gasteiger charge is -2.21. The third kappa shape index (κ3) is 6.07. The van der Waals surface area contributed by atoms with Crippen LogP contribution in [0.2, 0.25) is 0 Å². The largest absolute Gasteiger partial charge is 0.444 e. The molecule has 1 unspecified atom stereocenters. The highest BCUT2D eigenvalue weighted by Crippen LogP contribution is 2.33. The molecule has 2 amide bonds. The highest BCUT2D eigenvalue weighted by atomic mass is 32.2. The van der Waals surface area contributed by atoms with Crippen LogP contribution in [0.15, 0.2) is 63.9 Å². The van der Waals surface area contributed by atoms with Crippen molar-refractivity contribution in [2.24, 2.45) is 4.36 Å². The van der Waals surface area contributed by atoms with Gasteiger partial charge in [-0.2, -0.15) is 4.39 Å². The number of benzene rings is 2. The standard InChI is InChI=1S/C25H26FN3O4S2/c1-25(2,3)33-24(31)29-19-10-7-17(21-11-12-22(26)34-21)15-20(19)28-23(30)16-5-8-18(9-6-16)35(32)14-4-13-27-35/h5-12,15H,4,13-14H2,1-3H3,(H,28,30)(H,29,31). The molecule has 3 aromatic rings. The van der Waals surface area contributed by atoms with Crippen LogP contribution in [0, 0.1) is 5.13 Å². The zero-order chi connectivity index (χ0) is 25.2. The van der Waals surface area contributed by atoms with E-state index in [1.807, 2.05) is 0 Å². The van der Waals surface area contributed by atoms with Crippen molar-refractivity contribution in [1.82, 2.24) is 0 Å². The second-order valence-corrected chi connectivity index (χ2v) is 12.5. The van der Waals surface area contributed by atoms with Crippen LogP contribution in [0.3, 0.4) is 0 Å². The highest BCUT2D eigenvalue weighted by molar-refractivity contribution is 7.93. The number of halogens is 1. The number of ether oxygens (including phenoxy) is 1. The van der Waals surface area contributed by atoms with Gasteiger partial charge in [0.15, 0.2) is 5.13 Å². The van der Waals surface area contributed by atoms with E-state index in [0.29, 0.717) is 44.6 Å². The lowest BCUT2D eigenvalue weighted by Crippen LogP contribution is -2.27. The van der Waals surface area contributed by atoms with Crippen LogP contribution in [-0.4, -0.2) is 34.1 Å². The molecule has 4 rings (SSSR count). The summed E-state index contributed by atoms with van der Waals surface area (Å²) in [5, 5.41) is 5.15. The molecular formula is C25H26FN3O4S2. The van der Waals surface area contributed by atoms with Gasteiger partial charge in [0.05, 0.1) is 21.1 Å². The number of anilines is 2. The highest BCUT2D eigenvalue weighted by Gasteiger charge is 2.20. The molecule has 0 bridgehead atoms. The predicted octanol–water partition coefficient (Wildman–Crippen LogP) is 6.38. The number of amides is 2. The molecule has 0 radical (unpaired) electrons. The van der Waals surface area contributed by atoms with Gasteiger partial charge in [0, 0.05) is 27.6 Å². The first-order valence-corrected chi connectivity index (χ1v) is 13.5. The maximum absolute atomic E-state index is 13.6. The SMILES string of the molecule is CC(C)(C)OC(=O)Nc1ccc(-c2ccc(F)s2)cc1NC(=O)c1ccc(S2(=O)=NCCC2)cc1.